The van der Waals surface area contributed by atoms with Crippen LogP contribution in [0.15, 0.2) is 42.5 Å². The van der Waals surface area contributed by atoms with Gasteiger partial charge in [-0.05, 0) is 5.56 Å². The first-order valence-corrected chi connectivity index (χ1v) is 5.97. The maximum Gasteiger partial charge on any atom is 0.331 e. The number of hydrogen-bond acceptors (Lipinski definition) is 3. The molecule has 0 radical (unpaired) electrons. The van der Waals surface area contributed by atoms with Crippen LogP contribution in [0.1, 0.15) is 32.4 Å². The summed E-state index contributed by atoms with van der Waals surface area (Å²) >= 11 is 0. The number of carbonyl (C=O) groups is 2. The highest BCUT2D eigenvalue weighted by Gasteiger charge is 2.29. The number of ether oxygens (including phenoxy) is 1. The second-order valence-corrected chi connectivity index (χ2v) is 5.27. The first-order valence-electron chi connectivity index (χ1n) is 5.97. The molecule has 0 amide bonds. The van der Waals surface area contributed by atoms with Crippen LogP contribution >= 0.6 is 0 Å². The van der Waals surface area contributed by atoms with Crippen molar-refractivity contribution in [3.8, 4) is 0 Å². The average Bonchev–Trinajstić information content (AvgIpc) is 2.33. The number of aliphatic carboxylic acids is 1. The normalized spacial score (nSPS) is 13.2. The summed E-state index contributed by atoms with van der Waals surface area (Å²) in [5.74, 6) is -1.84. The van der Waals surface area contributed by atoms with E-state index in [0.29, 0.717) is 0 Å². The van der Waals surface area contributed by atoms with Crippen molar-refractivity contribution in [1.82, 2.24) is 0 Å². The fourth-order valence-corrected chi connectivity index (χ4v) is 1.67. The molecule has 1 rings (SSSR count). The Morgan fingerprint density at radius 3 is 2.21 bits per heavy atom. The van der Waals surface area contributed by atoms with Gasteiger partial charge in [-0.25, -0.2) is 9.59 Å². The number of rotatable bonds is 4. The Labute approximate surface area is 112 Å². The monoisotopic (exact) mass is 262 g/mol. The fourth-order valence-electron chi connectivity index (χ4n) is 1.67. The molecule has 0 bridgehead atoms. The summed E-state index contributed by atoms with van der Waals surface area (Å²) in [6.07, 6.45) is 1.26. The van der Waals surface area contributed by atoms with Crippen LogP contribution in [0.4, 0.5) is 0 Å². The van der Waals surface area contributed by atoms with E-state index in [1.807, 2.05) is 51.1 Å². The molecule has 1 N–H and O–H groups in total. The lowest BCUT2D eigenvalue weighted by atomic mass is 9.84. The summed E-state index contributed by atoms with van der Waals surface area (Å²) in [4.78, 5) is 22.0. The van der Waals surface area contributed by atoms with Crippen molar-refractivity contribution < 1.29 is 19.4 Å². The maximum absolute atomic E-state index is 11.6. The number of hydrogen-bond donors (Lipinski definition) is 1. The molecule has 0 heterocycles. The molecule has 0 saturated heterocycles. The quantitative estimate of drug-likeness (QED) is 0.669. The molecule has 4 nitrogen and oxygen atoms in total. The first-order chi connectivity index (χ1) is 8.80. The van der Waals surface area contributed by atoms with E-state index in [0.717, 1.165) is 17.7 Å². The number of carboxylic acid groups (broad SMARTS) is 1. The number of carboxylic acids is 1. The highest BCUT2D eigenvalue weighted by molar-refractivity contribution is 5.90. The Balaban J connectivity index is 2.89. The zero-order chi connectivity index (χ0) is 14.5. The fraction of sp³-hybridized carbons (Fsp3) is 0.333. The van der Waals surface area contributed by atoms with Gasteiger partial charge in [0.1, 0.15) is 6.10 Å². The Morgan fingerprint density at radius 2 is 1.74 bits per heavy atom. The number of esters is 1. The second kappa shape index (κ2) is 6.18. The minimum Gasteiger partial charge on any atom is -0.478 e. The van der Waals surface area contributed by atoms with E-state index in [2.05, 4.69) is 0 Å². The van der Waals surface area contributed by atoms with Gasteiger partial charge < -0.3 is 9.84 Å². The third-order valence-electron chi connectivity index (χ3n) is 2.48. The van der Waals surface area contributed by atoms with Crippen LogP contribution in [0.2, 0.25) is 0 Å². The molecule has 1 aromatic carbocycles. The van der Waals surface area contributed by atoms with Gasteiger partial charge in [0.2, 0.25) is 0 Å². The Bertz CT molecular complexity index is 469. The summed E-state index contributed by atoms with van der Waals surface area (Å²) < 4.78 is 5.36. The van der Waals surface area contributed by atoms with E-state index in [1.165, 1.54) is 0 Å². The molecule has 1 aromatic rings. The van der Waals surface area contributed by atoms with Gasteiger partial charge in [-0.3, -0.25) is 0 Å². The zero-order valence-corrected chi connectivity index (χ0v) is 11.3. The van der Waals surface area contributed by atoms with Crippen molar-refractivity contribution in [3.63, 3.8) is 0 Å². The van der Waals surface area contributed by atoms with E-state index < -0.39 is 18.0 Å². The average molecular weight is 262 g/mol. The third kappa shape index (κ3) is 4.95. The molecule has 1 atom stereocenters. The number of carbonyl (C=O) groups excluding carboxylic acids is 1. The molecule has 0 aliphatic heterocycles. The lowest BCUT2D eigenvalue weighted by Crippen LogP contribution is -2.23. The minimum atomic E-state index is -1.18. The molecule has 0 saturated carbocycles. The lowest BCUT2D eigenvalue weighted by Gasteiger charge is -2.30. The molecule has 0 aromatic heterocycles. The van der Waals surface area contributed by atoms with Gasteiger partial charge in [0, 0.05) is 17.6 Å². The molecule has 0 aliphatic rings. The van der Waals surface area contributed by atoms with Crippen molar-refractivity contribution >= 4 is 11.9 Å². The minimum absolute atomic E-state index is 0.284. The first kappa shape index (κ1) is 15.0. The van der Waals surface area contributed by atoms with Gasteiger partial charge in [0.25, 0.3) is 0 Å². The van der Waals surface area contributed by atoms with Crippen LogP contribution < -0.4 is 0 Å². The third-order valence-corrected chi connectivity index (χ3v) is 2.48. The van der Waals surface area contributed by atoms with E-state index in [-0.39, 0.29) is 5.41 Å². The van der Waals surface area contributed by atoms with Crippen molar-refractivity contribution in [3.05, 3.63) is 48.0 Å². The Kier molecular flexibility index (Phi) is 4.87. The van der Waals surface area contributed by atoms with Crippen LogP contribution in [-0.4, -0.2) is 17.0 Å². The van der Waals surface area contributed by atoms with Gasteiger partial charge >= 0.3 is 11.9 Å². The summed E-state index contributed by atoms with van der Waals surface area (Å²) in [6.45, 7) is 5.87. The van der Waals surface area contributed by atoms with Crippen molar-refractivity contribution in [1.29, 1.82) is 0 Å². The van der Waals surface area contributed by atoms with Gasteiger partial charge in [-0.15, -0.1) is 0 Å². The lowest BCUT2D eigenvalue weighted by molar-refractivity contribution is -0.149. The molecular formula is C15H18O4. The Morgan fingerprint density at radius 1 is 1.16 bits per heavy atom. The van der Waals surface area contributed by atoms with Gasteiger partial charge in [0.15, 0.2) is 0 Å². The molecular weight excluding hydrogens is 244 g/mol. The molecule has 0 aliphatic carbocycles. The van der Waals surface area contributed by atoms with E-state index in [9.17, 15) is 9.59 Å². The standard InChI is InChI=1S/C15H18O4/c1-15(2,3)14(11-7-5-4-6-8-11)19-13(18)10-9-12(16)17/h4-10,14H,1-3H3,(H,16,17)/b10-9+. The topological polar surface area (TPSA) is 63.6 Å². The molecule has 0 spiro atoms. The Hall–Kier alpha value is -2.10. The summed E-state index contributed by atoms with van der Waals surface area (Å²) in [5, 5.41) is 8.48. The smallest absolute Gasteiger partial charge is 0.331 e. The van der Waals surface area contributed by atoms with Crippen molar-refractivity contribution in [2.75, 3.05) is 0 Å². The molecule has 19 heavy (non-hydrogen) atoms. The van der Waals surface area contributed by atoms with Crippen LogP contribution in [0.3, 0.4) is 0 Å². The van der Waals surface area contributed by atoms with Crippen LogP contribution in [0.5, 0.6) is 0 Å². The predicted octanol–water partition coefficient (Wildman–Crippen LogP) is 2.96. The van der Waals surface area contributed by atoms with Crippen molar-refractivity contribution in [2.45, 2.75) is 26.9 Å². The van der Waals surface area contributed by atoms with Crippen LogP contribution in [0.25, 0.3) is 0 Å². The van der Waals surface area contributed by atoms with E-state index in [4.69, 9.17) is 9.84 Å². The summed E-state index contributed by atoms with van der Waals surface area (Å²) in [5.41, 5.74) is 0.598. The van der Waals surface area contributed by atoms with E-state index >= 15 is 0 Å². The molecule has 102 valence electrons. The maximum atomic E-state index is 11.6. The summed E-state index contributed by atoms with van der Waals surface area (Å²) in [7, 11) is 0. The highest BCUT2D eigenvalue weighted by Crippen LogP contribution is 2.36. The van der Waals surface area contributed by atoms with Gasteiger partial charge in [-0.1, -0.05) is 51.1 Å². The zero-order valence-electron chi connectivity index (χ0n) is 11.3. The molecule has 1 unspecified atom stereocenters. The molecule has 4 heteroatoms. The largest absolute Gasteiger partial charge is 0.478 e. The summed E-state index contributed by atoms with van der Waals surface area (Å²) in [6, 6.07) is 9.38. The van der Waals surface area contributed by atoms with Gasteiger partial charge in [0.05, 0.1) is 0 Å². The molecule has 0 fully saturated rings. The van der Waals surface area contributed by atoms with Crippen molar-refractivity contribution in [2.24, 2.45) is 5.41 Å². The highest BCUT2D eigenvalue weighted by atomic mass is 16.5. The van der Waals surface area contributed by atoms with Crippen LogP contribution in [0, 0.1) is 5.41 Å². The van der Waals surface area contributed by atoms with Crippen LogP contribution in [-0.2, 0) is 14.3 Å². The van der Waals surface area contributed by atoms with E-state index in [1.54, 1.807) is 0 Å². The predicted molar refractivity (Wildman–Crippen MR) is 71.5 cm³/mol. The number of benzene rings is 1. The second-order valence-electron chi connectivity index (χ2n) is 5.27. The SMILES string of the molecule is CC(C)(C)C(OC(=O)/C=C/C(=O)O)c1ccccc1. The van der Waals surface area contributed by atoms with Gasteiger partial charge in [-0.2, -0.15) is 0 Å².